The maximum absolute atomic E-state index is 11.6. The van der Waals surface area contributed by atoms with E-state index in [0.29, 0.717) is 11.3 Å². The van der Waals surface area contributed by atoms with Crippen LogP contribution in [0.15, 0.2) is 34.9 Å². The number of hydrogen-bond donors (Lipinski definition) is 1. The molecule has 0 aliphatic rings. The molecule has 2 aromatic rings. The van der Waals surface area contributed by atoms with Crippen LogP contribution in [0.4, 0.5) is 5.69 Å². The summed E-state index contributed by atoms with van der Waals surface area (Å²) in [5.74, 6) is 0.171. The topological polar surface area (TPSA) is 74.7 Å². The highest BCUT2D eigenvalue weighted by Crippen LogP contribution is 2.32. The van der Waals surface area contributed by atoms with Gasteiger partial charge in [-0.3, -0.25) is 0 Å². The van der Waals surface area contributed by atoms with Crippen LogP contribution >= 0.6 is 0 Å². The van der Waals surface area contributed by atoms with Crippen molar-refractivity contribution in [2.75, 3.05) is 19.5 Å². The monoisotopic (exact) mass is 261 g/mol. The van der Waals surface area contributed by atoms with Crippen molar-refractivity contribution >= 4 is 11.7 Å². The summed E-state index contributed by atoms with van der Waals surface area (Å²) in [6.45, 7) is 1.99. The highest BCUT2D eigenvalue weighted by Gasteiger charge is 2.20. The Morgan fingerprint density at radius 1 is 1.42 bits per heavy atom. The second-order valence-electron chi connectivity index (χ2n) is 3.84. The molecule has 0 saturated carbocycles. The van der Waals surface area contributed by atoms with Gasteiger partial charge in [0.15, 0.2) is 0 Å². The first kappa shape index (κ1) is 13.0. The van der Waals surface area contributed by atoms with E-state index in [1.165, 1.54) is 6.26 Å². The molecule has 1 heterocycles. The number of nitrogens with two attached hydrogens (primary N) is 1. The molecule has 2 N–H and O–H groups in total. The van der Waals surface area contributed by atoms with E-state index in [1.54, 1.807) is 14.0 Å². The van der Waals surface area contributed by atoms with Crippen LogP contribution in [0, 0.1) is 0 Å². The van der Waals surface area contributed by atoms with E-state index in [2.05, 4.69) is 0 Å². The highest BCUT2D eigenvalue weighted by atomic mass is 16.5. The van der Waals surface area contributed by atoms with Crippen LogP contribution in [0.25, 0.3) is 11.1 Å². The summed E-state index contributed by atoms with van der Waals surface area (Å²) in [5.41, 5.74) is 7.65. The van der Waals surface area contributed by atoms with Crippen LogP contribution in [-0.4, -0.2) is 19.7 Å². The predicted molar refractivity (Wildman–Crippen MR) is 71.1 cm³/mol. The Labute approximate surface area is 110 Å². The number of carbonyl (C=O) groups excluding carboxylic acids is 1. The lowest BCUT2D eigenvalue weighted by atomic mass is 10.1. The molecule has 19 heavy (non-hydrogen) atoms. The summed E-state index contributed by atoms with van der Waals surface area (Å²) in [6, 6.07) is 7.34. The van der Waals surface area contributed by atoms with Gasteiger partial charge in [-0.25, -0.2) is 4.79 Å². The molecule has 0 fully saturated rings. The van der Waals surface area contributed by atoms with E-state index in [-0.39, 0.29) is 18.1 Å². The number of anilines is 1. The van der Waals surface area contributed by atoms with Gasteiger partial charge in [-0.15, -0.1) is 0 Å². The van der Waals surface area contributed by atoms with Gasteiger partial charge in [-0.1, -0.05) is 12.1 Å². The molecule has 0 spiro atoms. The fourth-order valence-corrected chi connectivity index (χ4v) is 1.74. The van der Waals surface area contributed by atoms with Crippen LogP contribution in [0.5, 0.6) is 5.75 Å². The molecule has 0 amide bonds. The molecular formula is C14H15NO4. The molecule has 0 unspecified atom stereocenters. The Bertz CT molecular complexity index is 589. The van der Waals surface area contributed by atoms with E-state index in [9.17, 15) is 4.79 Å². The molecule has 100 valence electrons. The van der Waals surface area contributed by atoms with E-state index < -0.39 is 5.97 Å². The number of benzene rings is 1. The molecule has 0 saturated heterocycles. The van der Waals surface area contributed by atoms with Crippen LogP contribution < -0.4 is 10.5 Å². The van der Waals surface area contributed by atoms with Crippen molar-refractivity contribution in [3.05, 3.63) is 36.3 Å². The molecule has 0 atom stereocenters. The average Bonchev–Trinajstić information content (AvgIpc) is 2.81. The summed E-state index contributed by atoms with van der Waals surface area (Å²) in [5, 5.41) is 0. The molecular weight excluding hydrogens is 246 g/mol. The molecule has 0 radical (unpaired) electrons. The average molecular weight is 261 g/mol. The highest BCUT2D eigenvalue weighted by molar-refractivity contribution is 5.96. The van der Waals surface area contributed by atoms with Gasteiger partial charge in [0.25, 0.3) is 0 Å². The SMILES string of the molecule is CCOC(=O)c1occ(-c2cccc(OC)c2)c1N. The largest absolute Gasteiger partial charge is 0.497 e. The number of rotatable bonds is 4. The summed E-state index contributed by atoms with van der Waals surface area (Å²) < 4.78 is 15.2. The normalized spacial score (nSPS) is 10.2. The maximum Gasteiger partial charge on any atom is 0.376 e. The second-order valence-corrected chi connectivity index (χ2v) is 3.84. The molecule has 2 rings (SSSR count). The van der Waals surface area contributed by atoms with Crippen molar-refractivity contribution in [1.82, 2.24) is 0 Å². The van der Waals surface area contributed by atoms with Crippen LogP contribution in [0.1, 0.15) is 17.5 Å². The van der Waals surface area contributed by atoms with Gasteiger partial charge in [0.1, 0.15) is 12.0 Å². The lowest BCUT2D eigenvalue weighted by molar-refractivity contribution is 0.0492. The minimum atomic E-state index is -0.561. The molecule has 1 aromatic heterocycles. The number of ether oxygens (including phenoxy) is 2. The zero-order valence-electron chi connectivity index (χ0n) is 10.8. The van der Waals surface area contributed by atoms with Crippen molar-refractivity contribution in [2.45, 2.75) is 6.92 Å². The lowest BCUT2D eigenvalue weighted by Crippen LogP contribution is -2.06. The molecule has 5 heteroatoms. The molecule has 5 nitrogen and oxygen atoms in total. The van der Waals surface area contributed by atoms with Crippen LogP contribution in [-0.2, 0) is 4.74 Å². The predicted octanol–water partition coefficient (Wildman–Crippen LogP) is 2.71. The van der Waals surface area contributed by atoms with Gasteiger partial charge in [0, 0.05) is 5.56 Å². The molecule has 0 aliphatic carbocycles. The van der Waals surface area contributed by atoms with Crippen molar-refractivity contribution in [3.8, 4) is 16.9 Å². The number of methoxy groups -OCH3 is 1. The molecule has 0 aliphatic heterocycles. The third-order valence-corrected chi connectivity index (χ3v) is 2.67. The Balaban J connectivity index is 2.38. The van der Waals surface area contributed by atoms with E-state index >= 15 is 0 Å². The summed E-state index contributed by atoms with van der Waals surface area (Å²) >= 11 is 0. The third-order valence-electron chi connectivity index (χ3n) is 2.67. The zero-order valence-corrected chi connectivity index (χ0v) is 10.8. The lowest BCUT2D eigenvalue weighted by Gasteiger charge is -2.03. The van der Waals surface area contributed by atoms with Crippen molar-refractivity contribution in [3.63, 3.8) is 0 Å². The Morgan fingerprint density at radius 3 is 2.89 bits per heavy atom. The number of furan rings is 1. The van der Waals surface area contributed by atoms with Gasteiger partial charge in [-0.2, -0.15) is 0 Å². The van der Waals surface area contributed by atoms with Gasteiger partial charge in [0.05, 0.1) is 19.4 Å². The van der Waals surface area contributed by atoms with E-state index in [0.717, 1.165) is 5.56 Å². The first-order valence-electron chi connectivity index (χ1n) is 5.85. The number of hydrogen-bond acceptors (Lipinski definition) is 5. The fraction of sp³-hybridized carbons (Fsp3) is 0.214. The molecule has 0 bridgehead atoms. The minimum absolute atomic E-state index is 0.0275. The van der Waals surface area contributed by atoms with Gasteiger partial charge in [0.2, 0.25) is 5.76 Å². The Kier molecular flexibility index (Phi) is 3.75. The molecule has 1 aromatic carbocycles. The fourth-order valence-electron chi connectivity index (χ4n) is 1.74. The Hall–Kier alpha value is -2.43. The number of nitrogen functional groups attached to an aromatic ring is 1. The zero-order chi connectivity index (χ0) is 13.8. The quantitative estimate of drug-likeness (QED) is 0.856. The standard InChI is InChI=1S/C14H15NO4/c1-3-18-14(16)13-12(15)11(8-19-13)9-5-4-6-10(7-9)17-2/h4-8H,3,15H2,1-2H3. The minimum Gasteiger partial charge on any atom is -0.497 e. The Morgan fingerprint density at radius 2 is 2.21 bits per heavy atom. The third kappa shape index (κ3) is 2.54. The number of carbonyl (C=O) groups is 1. The van der Waals surface area contributed by atoms with Crippen molar-refractivity contribution in [1.29, 1.82) is 0 Å². The number of esters is 1. The van der Waals surface area contributed by atoms with Gasteiger partial charge < -0.3 is 19.6 Å². The van der Waals surface area contributed by atoms with Crippen LogP contribution in [0.2, 0.25) is 0 Å². The van der Waals surface area contributed by atoms with Crippen molar-refractivity contribution < 1.29 is 18.7 Å². The van der Waals surface area contributed by atoms with E-state index in [1.807, 2.05) is 24.3 Å². The van der Waals surface area contributed by atoms with E-state index in [4.69, 9.17) is 19.6 Å². The van der Waals surface area contributed by atoms with Gasteiger partial charge >= 0.3 is 5.97 Å². The van der Waals surface area contributed by atoms with Crippen molar-refractivity contribution in [2.24, 2.45) is 0 Å². The van der Waals surface area contributed by atoms with Gasteiger partial charge in [-0.05, 0) is 24.6 Å². The summed E-state index contributed by atoms with van der Waals surface area (Å²) in [6.07, 6.45) is 1.44. The smallest absolute Gasteiger partial charge is 0.376 e. The summed E-state index contributed by atoms with van der Waals surface area (Å²) in [4.78, 5) is 11.6. The first-order valence-corrected chi connectivity index (χ1v) is 5.85. The summed E-state index contributed by atoms with van der Waals surface area (Å²) in [7, 11) is 1.59. The first-order chi connectivity index (χ1) is 9.17. The van der Waals surface area contributed by atoms with Crippen LogP contribution in [0.3, 0.4) is 0 Å². The maximum atomic E-state index is 11.6. The second kappa shape index (κ2) is 5.48.